The molecule has 2 fully saturated rings. The maximum absolute atomic E-state index is 13.1. The van der Waals surface area contributed by atoms with Gasteiger partial charge in [-0.25, -0.2) is 4.39 Å². The zero-order valence-corrected chi connectivity index (χ0v) is 17.4. The number of nitrogens with zero attached hydrogens (tertiary/aromatic N) is 1. The molecule has 1 amide bonds. The number of carbonyl (C=O) groups excluding carboxylic acids is 2. The van der Waals surface area contributed by atoms with E-state index in [1.54, 1.807) is 30.3 Å². The molecule has 2 bridgehead atoms. The number of ketones is 1. The summed E-state index contributed by atoms with van der Waals surface area (Å²) < 4.78 is 24.8. The van der Waals surface area contributed by atoms with Crippen LogP contribution in [0.15, 0.2) is 42.5 Å². The summed E-state index contributed by atoms with van der Waals surface area (Å²) in [5.74, 6) is 0.452. The average Bonchev–Trinajstić information content (AvgIpc) is 2.99. The number of fused-ring (bicyclic) bond motifs is 2. The first-order valence-electron chi connectivity index (χ1n) is 10.1. The van der Waals surface area contributed by atoms with Gasteiger partial charge in [-0.3, -0.25) is 9.59 Å². The third-order valence-electron chi connectivity index (χ3n) is 5.77. The van der Waals surface area contributed by atoms with Crippen LogP contribution in [0.1, 0.15) is 43.0 Å². The molecule has 0 aliphatic carbocycles. The Labute approximate surface area is 179 Å². The zero-order chi connectivity index (χ0) is 21.3. The predicted molar refractivity (Wildman–Crippen MR) is 111 cm³/mol. The predicted octanol–water partition coefficient (Wildman–Crippen LogP) is 4.66. The molecular formula is C23H23ClFNO4. The summed E-state index contributed by atoms with van der Waals surface area (Å²) in [7, 11) is 0. The van der Waals surface area contributed by atoms with Crippen molar-refractivity contribution in [2.45, 2.75) is 50.8 Å². The molecule has 0 saturated carbocycles. The Bertz CT molecular complexity index is 935. The lowest BCUT2D eigenvalue weighted by Gasteiger charge is -2.38. The van der Waals surface area contributed by atoms with E-state index in [1.807, 2.05) is 4.90 Å². The molecule has 0 N–H and O–H groups in total. The quantitative estimate of drug-likeness (QED) is 0.624. The molecule has 1 unspecified atom stereocenters. The number of Topliss-reactive ketones (excluding diaryl/α,β-unsaturated/α-hetero) is 1. The van der Waals surface area contributed by atoms with Crippen LogP contribution in [0.25, 0.3) is 0 Å². The van der Waals surface area contributed by atoms with Gasteiger partial charge in [0.2, 0.25) is 0 Å². The highest BCUT2D eigenvalue weighted by atomic mass is 35.5. The molecule has 7 heteroatoms. The van der Waals surface area contributed by atoms with E-state index < -0.39 is 0 Å². The van der Waals surface area contributed by atoms with E-state index in [2.05, 4.69) is 0 Å². The monoisotopic (exact) mass is 431 g/mol. The Hall–Kier alpha value is -2.60. The maximum atomic E-state index is 13.1. The SMILES string of the molecule is CC(=O)c1cc(Cl)ccc1OCC(=O)N1[C@@H]2CC[C@H]1CC(Oc1ccc(F)cc1)C2. The van der Waals surface area contributed by atoms with Gasteiger partial charge in [-0.2, -0.15) is 0 Å². The molecule has 2 heterocycles. The molecule has 2 aliphatic heterocycles. The van der Waals surface area contributed by atoms with E-state index in [4.69, 9.17) is 21.1 Å². The zero-order valence-electron chi connectivity index (χ0n) is 16.6. The smallest absolute Gasteiger partial charge is 0.261 e. The number of piperidine rings is 1. The van der Waals surface area contributed by atoms with Crippen molar-refractivity contribution in [2.75, 3.05) is 6.61 Å². The molecule has 2 aliphatic rings. The van der Waals surface area contributed by atoms with Crippen LogP contribution in [-0.2, 0) is 4.79 Å². The van der Waals surface area contributed by atoms with Gasteiger partial charge >= 0.3 is 0 Å². The number of benzene rings is 2. The molecule has 2 saturated heterocycles. The average molecular weight is 432 g/mol. The molecule has 5 nitrogen and oxygen atoms in total. The number of rotatable bonds is 6. The van der Waals surface area contributed by atoms with Crippen molar-refractivity contribution >= 4 is 23.3 Å². The van der Waals surface area contributed by atoms with Crippen molar-refractivity contribution < 1.29 is 23.5 Å². The molecule has 158 valence electrons. The third-order valence-corrected chi connectivity index (χ3v) is 6.00. The molecule has 2 aromatic rings. The number of hydrogen-bond acceptors (Lipinski definition) is 4. The molecule has 2 aromatic carbocycles. The van der Waals surface area contributed by atoms with Crippen LogP contribution in [0.5, 0.6) is 11.5 Å². The minimum atomic E-state index is -0.295. The molecule has 30 heavy (non-hydrogen) atoms. The fraction of sp³-hybridized carbons (Fsp3) is 0.391. The standard InChI is InChI=1S/C23H23ClFNO4/c1-14(27)21-10-15(24)2-9-22(21)29-13-23(28)26-17-5-6-18(26)12-20(11-17)30-19-7-3-16(25)4-8-19/h2-4,7-10,17-18,20H,5-6,11-13H2,1H3/t17-,18+,20?. The summed E-state index contributed by atoms with van der Waals surface area (Å²) in [4.78, 5) is 26.6. The lowest BCUT2D eigenvalue weighted by molar-refractivity contribution is -0.139. The Morgan fingerprint density at radius 1 is 1.10 bits per heavy atom. The van der Waals surface area contributed by atoms with E-state index in [-0.39, 0.29) is 42.3 Å². The van der Waals surface area contributed by atoms with E-state index in [1.165, 1.54) is 19.1 Å². The molecular weight excluding hydrogens is 409 g/mol. The molecule has 3 atom stereocenters. The maximum Gasteiger partial charge on any atom is 0.261 e. The van der Waals surface area contributed by atoms with Crippen molar-refractivity contribution in [3.05, 3.63) is 58.9 Å². The lowest BCUT2D eigenvalue weighted by Crippen LogP contribution is -2.50. The number of halogens is 2. The Morgan fingerprint density at radius 3 is 2.40 bits per heavy atom. The fourth-order valence-corrected chi connectivity index (χ4v) is 4.63. The Morgan fingerprint density at radius 2 is 1.77 bits per heavy atom. The minimum Gasteiger partial charge on any atom is -0.490 e. The first-order valence-corrected chi connectivity index (χ1v) is 10.4. The van der Waals surface area contributed by atoms with Gasteiger partial charge in [0.05, 0.1) is 5.56 Å². The molecule has 4 rings (SSSR count). The van der Waals surface area contributed by atoms with Gasteiger partial charge in [0.15, 0.2) is 12.4 Å². The third kappa shape index (κ3) is 4.43. The van der Waals surface area contributed by atoms with Crippen molar-refractivity contribution in [3.63, 3.8) is 0 Å². The van der Waals surface area contributed by atoms with Crippen molar-refractivity contribution in [2.24, 2.45) is 0 Å². The molecule has 0 aromatic heterocycles. The van der Waals surface area contributed by atoms with E-state index >= 15 is 0 Å². The second-order valence-corrected chi connectivity index (χ2v) is 8.27. The fourth-order valence-electron chi connectivity index (χ4n) is 4.45. The Kier molecular flexibility index (Phi) is 5.95. The number of hydrogen-bond donors (Lipinski definition) is 0. The largest absolute Gasteiger partial charge is 0.490 e. The van der Waals surface area contributed by atoms with E-state index in [0.29, 0.717) is 22.1 Å². The highest BCUT2D eigenvalue weighted by Gasteiger charge is 2.44. The van der Waals surface area contributed by atoms with Gasteiger partial charge < -0.3 is 14.4 Å². The highest BCUT2D eigenvalue weighted by molar-refractivity contribution is 6.31. The van der Waals surface area contributed by atoms with Gasteiger partial charge in [0, 0.05) is 29.9 Å². The van der Waals surface area contributed by atoms with E-state index in [9.17, 15) is 14.0 Å². The first kappa shape index (κ1) is 20.7. The van der Waals surface area contributed by atoms with Crippen LogP contribution >= 0.6 is 11.6 Å². The highest BCUT2D eigenvalue weighted by Crippen LogP contribution is 2.37. The van der Waals surface area contributed by atoms with Crippen LogP contribution in [0, 0.1) is 5.82 Å². The van der Waals surface area contributed by atoms with Crippen LogP contribution < -0.4 is 9.47 Å². The van der Waals surface area contributed by atoms with Gasteiger partial charge in [0.25, 0.3) is 5.91 Å². The summed E-state index contributed by atoms with van der Waals surface area (Å²) in [5.41, 5.74) is 0.365. The van der Waals surface area contributed by atoms with Crippen molar-refractivity contribution in [1.82, 2.24) is 4.90 Å². The topological polar surface area (TPSA) is 55.8 Å². The second-order valence-electron chi connectivity index (χ2n) is 7.84. The summed E-state index contributed by atoms with van der Waals surface area (Å²) in [6, 6.07) is 11.0. The van der Waals surface area contributed by atoms with E-state index in [0.717, 1.165) is 25.7 Å². The summed E-state index contributed by atoms with van der Waals surface area (Å²) in [5, 5.41) is 0.445. The van der Waals surface area contributed by atoms with Gasteiger partial charge in [-0.1, -0.05) is 11.6 Å². The number of ether oxygens (including phenoxy) is 2. The summed E-state index contributed by atoms with van der Waals surface area (Å²) in [6.45, 7) is 1.31. The van der Waals surface area contributed by atoms with Crippen LogP contribution in [0.3, 0.4) is 0 Å². The Balaban J connectivity index is 1.37. The van der Waals surface area contributed by atoms with Gasteiger partial charge in [-0.05, 0) is 62.2 Å². The normalized spacial score (nSPS) is 22.6. The van der Waals surface area contributed by atoms with Crippen molar-refractivity contribution in [1.29, 1.82) is 0 Å². The second kappa shape index (κ2) is 8.64. The summed E-state index contributed by atoms with van der Waals surface area (Å²) in [6.07, 6.45) is 3.33. The summed E-state index contributed by atoms with van der Waals surface area (Å²) >= 11 is 5.96. The minimum absolute atomic E-state index is 0.00138. The number of amides is 1. The van der Waals surface area contributed by atoms with Gasteiger partial charge in [-0.15, -0.1) is 0 Å². The van der Waals surface area contributed by atoms with Crippen LogP contribution in [0.4, 0.5) is 4.39 Å². The van der Waals surface area contributed by atoms with Crippen LogP contribution in [-0.4, -0.2) is 41.4 Å². The van der Waals surface area contributed by atoms with Crippen LogP contribution in [0.2, 0.25) is 5.02 Å². The first-order chi connectivity index (χ1) is 14.4. The number of carbonyl (C=O) groups is 2. The molecule has 0 spiro atoms. The molecule has 0 radical (unpaired) electrons. The lowest BCUT2D eigenvalue weighted by atomic mass is 9.99. The van der Waals surface area contributed by atoms with Crippen molar-refractivity contribution in [3.8, 4) is 11.5 Å². The van der Waals surface area contributed by atoms with Gasteiger partial charge in [0.1, 0.15) is 23.4 Å².